The van der Waals surface area contributed by atoms with E-state index in [0.29, 0.717) is 62.7 Å². The van der Waals surface area contributed by atoms with Crippen LogP contribution in [0.4, 0.5) is 28.4 Å². The Hall–Kier alpha value is -13.0. The van der Waals surface area contributed by atoms with Crippen LogP contribution in [-0.4, -0.2) is 126 Å². The van der Waals surface area contributed by atoms with Gasteiger partial charge in [0.2, 0.25) is 0 Å². The molecule has 4 saturated carbocycles. The van der Waals surface area contributed by atoms with Crippen molar-refractivity contribution in [1.29, 1.82) is 0 Å². The molecule has 0 saturated heterocycles. The van der Waals surface area contributed by atoms with Crippen molar-refractivity contribution in [3.05, 3.63) is 312 Å². The molecule has 0 aliphatic heterocycles. The maximum Gasteiger partial charge on any atom is 0.343 e. The lowest BCUT2D eigenvalue weighted by Crippen LogP contribution is -2.17. The molecule has 0 radical (unpaired) electrons. The molecule has 0 heterocycles. The van der Waals surface area contributed by atoms with Gasteiger partial charge >= 0.3 is 29.8 Å². The molecule has 4 fully saturated rings. The van der Waals surface area contributed by atoms with Crippen molar-refractivity contribution in [1.82, 2.24) is 0 Å². The van der Waals surface area contributed by atoms with Crippen molar-refractivity contribution in [2.24, 2.45) is 0 Å². The lowest BCUT2D eigenvalue weighted by atomic mass is 9.76. The van der Waals surface area contributed by atoms with Crippen LogP contribution in [0.1, 0.15) is 288 Å². The molecule has 0 spiro atoms. The second kappa shape index (κ2) is 42.7. The first-order chi connectivity index (χ1) is 61.9. The zero-order valence-electron chi connectivity index (χ0n) is 77.0. The van der Waals surface area contributed by atoms with E-state index in [-0.39, 0.29) is 40.8 Å². The molecular formula is C110H125N5O14. The fourth-order valence-corrected chi connectivity index (χ4v) is 18.8. The SMILES string of the molecule is CN(C)c1cccc(C(=O)O)c1.Cc1cc(O)c(C2CCCCC2)cc1C(c1ccc(O)c(O)c1)c1cc(C2CCCCC2)c(O)cc1C.Cc1cc(OC(=O)c2cccc(N(C)C)c2)c(C2CCCCC2)cc1C(c1ccc(OC(=O)c2cccc(N(C)C)c2)c(OC(=O)c2cccc(N(C)C)c2)c1)c1ccc(OC(=O)c2cccc(N(C)C)c2)c(C2CCCCC2)c1. The van der Waals surface area contributed by atoms with Gasteiger partial charge in [-0.3, -0.25) is 0 Å². The summed E-state index contributed by atoms with van der Waals surface area (Å²) in [5, 5.41) is 51.1. The Morgan fingerprint density at radius 2 is 0.566 bits per heavy atom. The largest absolute Gasteiger partial charge is 0.508 e. The summed E-state index contributed by atoms with van der Waals surface area (Å²) in [5.41, 5.74) is 18.6. The molecule has 11 aromatic carbocycles. The van der Waals surface area contributed by atoms with Crippen molar-refractivity contribution < 1.29 is 68.5 Å². The number of hydrogen-bond acceptors (Lipinski definition) is 18. The summed E-state index contributed by atoms with van der Waals surface area (Å²) in [7, 11) is 19.1. The van der Waals surface area contributed by atoms with E-state index in [2.05, 4.69) is 24.3 Å². The molecule has 129 heavy (non-hydrogen) atoms. The molecule has 11 aromatic rings. The maximum absolute atomic E-state index is 14.4. The Labute approximate surface area is 760 Å². The first-order valence-electron chi connectivity index (χ1n) is 45.5. The number of phenols is 4. The van der Waals surface area contributed by atoms with Crippen molar-refractivity contribution >= 4 is 58.3 Å². The fourth-order valence-electron chi connectivity index (χ4n) is 18.8. The highest BCUT2D eigenvalue weighted by Crippen LogP contribution is 2.51. The zero-order chi connectivity index (χ0) is 91.9. The minimum Gasteiger partial charge on any atom is -0.508 e. The van der Waals surface area contributed by atoms with Gasteiger partial charge in [-0.1, -0.05) is 150 Å². The first kappa shape index (κ1) is 93.6. The van der Waals surface area contributed by atoms with Crippen LogP contribution in [0.2, 0.25) is 0 Å². The molecule has 5 N–H and O–H groups in total. The minimum atomic E-state index is -0.890. The third kappa shape index (κ3) is 23.1. The highest BCUT2D eigenvalue weighted by molar-refractivity contribution is 5.96. The molecule has 19 nitrogen and oxygen atoms in total. The van der Waals surface area contributed by atoms with E-state index < -0.39 is 35.8 Å². The third-order valence-corrected chi connectivity index (χ3v) is 26.2. The molecule has 4 aliphatic carbocycles. The number of carboxylic acids is 1. The Morgan fingerprint density at radius 1 is 0.271 bits per heavy atom. The summed E-state index contributed by atoms with van der Waals surface area (Å²) in [5.74, 6) is -1.23. The monoisotopic (exact) mass is 1740 g/mol. The van der Waals surface area contributed by atoms with Crippen LogP contribution in [0.3, 0.4) is 0 Å². The third-order valence-electron chi connectivity index (χ3n) is 26.2. The van der Waals surface area contributed by atoms with Crippen LogP contribution >= 0.6 is 0 Å². The number of anilines is 5. The van der Waals surface area contributed by atoms with Crippen LogP contribution in [0.15, 0.2) is 212 Å². The first-order valence-corrected chi connectivity index (χ1v) is 45.5. The van der Waals surface area contributed by atoms with Crippen molar-refractivity contribution in [3.8, 4) is 46.0 Å². The quantitative estimate of drug-likeness (QED) is 0.0163. The number of hydrogen-bond donors (Lipinski definition) is 5. The maximum atomic E-state index is 14.4. The van der Waals surface area contributed by atoms with Gasteiger partial charge in [0, 0.05) is 111 Å². The van der Waals surface area contributed by atoms with Gasteiger partial charge in [0.05, 0.1) is 27.8 Å². The predicted octanol–water partition coefficient (Wildman–Crippen LogP) is 24.3. The van der Waals surface area contributed by atoms with Crippen molar-refractivity contribution in [3.63, 3.8) is 0 Å². The van der Waals surface area contributed by atoms with E-state index in [1.807, 2.05) is 213 Å². The number of rotatable bonds is 24. The Balaban J connectivity index is 0.000000236. The van der Waals surface area contributed by atoms with Gasteiger partial charge in [-0.15, -0.1) is 0 Å². The number of carbonyl (C=O) groups excluding carboxylic acids is 4. The number of nitrogens with zero attached hydrogens (tertiary/aromatic N) is 5. The minimum absolute atomic E-state index is 0.0542. The van der Waals surface area contributed by atoms with E-state index in [1.165, 1.54) is 38.5 Å². The topological polar surface area (TPSA) is 240 Å². The Kier molecular flexibility index (Phi) is 31.0. The molecule has 15 rings (SSSR count). The number of aromatic carboxylic acids is 1. The molecule has 1 atom stereocenters. The van der Waals surface area contributed by atoms with Gasteiger partial charge in [0.15, 0.2) is 23.0 Å². The normalized spacial score (nSPS) is 14.6. The lowest BCUT2D eigenvalue weighted by Gasteiger charge is -2.29. The van der Waals surface area contributed by atoms with E-state index in [1.54, 1.807) is 91.0 Å². The molecule has 0 amide bonds. The molecule has 4 aliphatic rings. The summed E-state index contributed by atoms with van der Waals surface area (Å²) in [4.78, 5) is 77.0. The van der Waals surface area contributed by atoms with E-state index >= 15 is 0 Å². The van der Waals surface area contributed by atoms with Crippen LogP contribution in [0.25, 0.3) is 0 Å². The summed E-state index contributed by atoms with van der Waals surface area (Å²) in [6.07, 6.45) is 21.8. The number of ether oxygens (including phenoxy) is 4. The van der Waals surface area contributed by atoms with E-state index in [9.17, 15) is 44.4 Å². The van der Waals surface area contributed by atoms with Crippen LogP contribution in [0, 0.1) is 20.8 Å². The van der Waals surface area contributed by atoms with Gasteiger partial charge in [0.1, 0.15) is 23.0 Å². The van der Waals surface area contributed by atoms with Gasteiger partial charge in [0.25, 0.3) is 0 Å². The average Bonchev–Trinajstić information content (AvgIpc) is 0.763. The van der Waals surface area contributed by atoms with E-state index in [0.717, 1.165) is 191 Å². The standard InChI is InChI=1S/C68H74N4O8.C33H40O4.C9H11NO2/c1-44-36-62(79-67(75)51-26-18-30-55(39-51)71(6)7)59(46-22-14-11-15-23-46)43-57(44)64(47-32-34-60(58(41-47)45-20-12-10-13-21-45)77-65(73)49-24-16-28-53(37-49)69(2)3)48-33-35-61(78-66(74)50-25-17-29-54(38-50)70(4)5)63(42-48)80-68(76)52-27-19-31-56(40-52)72(8)9;1-20-15-30(35)27(22-9-5-3-6-10-22)18-25(20)33(24-13-14-29(34)32(37)17-24)26-19-28(31(36)16-21(26)2)23-11-7-4-8-12-23;1-10(2)8-5-3-4-7(6-8)9(11)12/h16-19,24-43,45-46,64H,10-15,20-23H2,1-9H3;13-19,22-23,33-37H,3-12H2,1-2H3;3-6H,1-2H3,(H,11,12). The highest BCUT2D eigenvalue weighted by atomic mass is 16.6. The van der Waals surface area contributed by atoms with Gasteiger partial charge in [-0.25, -0.2) is 24.0 Å². The lowest BCUT2D eigenvalue weighted by molar-refractivity contribution is 0.0682. The fraction of sp³-hybridized carbons (Fsp3) is 0.355. The Bertz CT molecular complexity index is 5750. The second-order valence-corrected chi connectivity index (χ2v) is 36.3. The number of esters is 4. The number of carboxylic acid groups (broad SMARTS) is 1. The van der Waals surface area contributed by atoms with Gasteiger partial charge in [-0.05, 0) is 308 Å². The zero-order valence-corrected chi connectivity index (χ0v) is 77.0. The van der Waals surface area contributed by atoms with Crippen molar-refractivity contribution in [2.45, 2.75) is 185 Å². The smallest absolute Gasteiger partial charge is 0.343 e. The number of aryl methyl sites for hydroxylation is 3. The van der Waals surface area contributed by atoms with Crippen LogP contribution in [0.5, 0.6) is 46.0 Å². The molecule has 19 heteroatoms. The second-order valence-electron chi connectivity index (χ2n) is 36.3. The molecule has 674 valence electrons. The number of carbonyl (C=O) groups is 5. The number of benzene rings is 11. The predicted molar refractivity (Wildman–Crippen MR) is 515 cm³/mol. The molecular weight excluding hydrogens is 1620 g/mol. The molecule has 0 aromatic heterocycles. The number of phenolic OH excluding ortho intramolecular Hbond substituents is 4. The average molecular weight is 1740 g/mol. The van der Waals surface area contributed by atoms with Crippen LogP contribution < -0.4 is 43.4 Å². The Morgan fingerprint density at radius 3 is 0.946 bits per heavy atom. The van der Waals surface area contributed by atoms with Gasteiger partial charge < -0.3 is 69.0 Å². The summed E-state index contributed by atoms with van der Waals surface area (Å²) < 4.78 is 25.5. The molecule has 1 unspecified atom stereocenters. The molecule has 0 bridgehead atoms. The van der Waals surface area contributed by atoms with Gasteiger partial charge in [-0.2, -0.15) is 0 Å². The summed E-state index contributed by atoms with van der Waals surface area (Å²) >= 11 is 0. The van der Waals surface area contributed by atoms with Crippen LogP contribution in [-0.2, 0) is 0 Å². The van der Waals surface area contributed by atoms with Crippen molar-refractivity contribution in [2.75, 3.05) is 95.0 Å². The summed E-state index contributed by atoms with van der Waals surface area (Å²) in [6, 6.07) is 65.0. The number of aromatic hydroxyl groups is 4. The van der Waals surface area contributed by atoms with E-state index in [4.69, 9.17) is 24.1 Å². The summed E-state index contributed by atoms with van der Waals surface area (Å²) in [6.45, 7) is 6.10. The highest BCUT2D eigenvalue weighted by Gasteiger charge is 2.34.